The molecule has 0 saturated carbocycles. The van der Waals surface area contributed by atoms with Gasteiger partial charge in [0.25, 0.3) is 11.8 Å². The summed E-state index contributed by atoms with van der Waals surface area (Å²) in [6.07, 6.45) is -4.52. The van der Waals surface area contributed by atoms with Crippen LogP contribution in [-0.4, -0.2) is 71.8 Å². The quantitative estimate of drug-likeness (QED) is 0.478. The van der Waals surface area contributed by atoms with Crippen molar-refractivity contribution in [2.45, 2.75) is 19.1 Å². The summed E-state index contributed by atoms with van der Waals surface area (Å²) in [7, 11) is 0. The minimum absolute atomic E-state index is 0.0624. The summed E-state index contributed by atoms with van der Waals surface area (Å²) in [5, 5.41) is 0. The molecule has 2 fully saturated rings. The van der Waals surface area contributed by atoms with Crippen LogP contribution in [0, 0.1) is 6.92 Å². The summed E-state index contributed by atoms with van der Waals surface area (Å²) in [6, 6.07) is 20.0. The molecule has 1 unspecified atom stereocenters. The zero-order chi connectivity index (χ0) is 26.9. The van der Waals surface area contributed by atoms with Gasteiger partial charge in [-0.25, -0.2) is 0 Å². The summed E-state index contributed by atoms with van der Waals surface area (Å²) in [4.78, 5) is 32.1. The molecular weight excluding hydrogens is 495 g/mol. The van der Waals surface area contributed by atoms with Gasteiger partial charge < -0.3 is 14.5 Å². The lowest BCUT2D eigenvalue weighted by atomic mass is 9.99. The number of hydrogen-bond acceptors (Lipinski definition) is 4. The van der Waals surface area contributed by atoms with E-state index in [0.717, 1.165) is 6.07 Å². The van der Waals surface area contributed by atoms with E-state index in [1.165, 1.54) is 19.1 Å². The number of halogens is 3. The number of amides is 2. The standard InChI is InChI=1S/C29H28F3N3O3/c1-20-25(8-5-9-26(20)29(30,31)32)28(37)35-17-15-33-14-16-34(18-22(33)19-35)27(36)21-10-12-24(13-11-21)38-23-6-3-2-4-7-23/h2-13,22H,14-19H2,1H3. The van der Waals surface area contributed by atoms with Gasteiger partial charge >= 0.3 is 6.18 Å². The molecule has 0 bridgehead atoms. The van der Waals surface area contributed by atoms with E-state index >= 15 is 0 Å². The van der Waals surface area contributed by atoms with Gasteiger partial charge in [-0.05, 0) is 61.0 Å². The van der Waals surface area contributed by atoms with Crippen molar-refractivity contribution in [2.24, 2.45) is 0 Å². The molecule has 0 aliphatic carbocycles. The third kappa shape index (κ3) is 5.38. The molecule has 38 heavy (non-hydrogen) atoms. The summed E-state index contributed by atoms with van der Waals surface area (Å²) in [5.41, 5.74) is -0.249. The van der Waals surface area contributed by atoms with Gasteiger partial charge in [0.2, 0.25) is 0 Å². The minimum atomic E-state index is -4.52. The molecule has 9 heteroatoms. The Kier molecular flexibility index (Phi) is 7.12. The third-order valence-electron chi connectivity index (χ3n) is 7.22. The molecule has 2 aliphatic heterocycles. The molecule has 2 amide bonds. The van der Waals surface area contributed by atoms with Crippen LogP contribution in [0.3, 0.4) is 0 Å². The number of carbonyl (C=O) groups excluding carboxylic acids is 2. The lowest BCUT2D eigenvalue weighted by Gasteiger charge is -2.47. The van der Waals surface area contributed by atoms with Gasteiger partial charge in [-0.1, -0.05) is 24.3 Å². The van der Waals surface area contributed by atoms with Gasteiger partial charge in [0.15, 0.2) is 0 Å². The van der Waals surface area contributed by atoms with Crippen molar-refractivity contribution in [3.8, 4) is 11.5 Å². The summed E-state index contributed by atoms with van der Waals surface area (Å²) in [5.74, 6) is 0.821. The van der Waals surface area contributed by atoms with Gasteiger partial charge in [-0.2, -0.15) is 13.2 Å². The van der Waals surface area contributed by atoms with Gasteiger partial charge in [0.1, 0.15) is 11.5 Å². The van der Waals surface area contributed by atoms with E-state index in [1.54, 1.807) is 34.1 Å². The molecule has 2 heterocycles. The monoisotopic (exact) mass is 523 g/mol. The Bertz CT molecular complexity index is 1310. The van der Waals surface area contributed by atoms with Crippen LogP contribution in [0.1, 0.15) is 31.8 Å². The molecule has 3 aromatic carbocycles. The second-order valence-electron chi connectivity index (χ2n) is 9.61. The van der Waals surface area contributed by atoms with Crippen molar-refractivity contribution in [3.05, 3.63) is 95.1 Å². The topological polar surface area (TPSA) is 53.1 Å². The lowest BCUT2D eigenvalue weighted by Crippen LogP contribution is -2.63. The second-order valence-corrected chi connectivity index (χ2v) is 9.61. The maximum Gasteiger partial charge on any atom is 0.416 e. The Labute approximate surface area is 219 Å². The molecule has 6 nitrogen and oxygen atoms in total. The van der Waals surface area contributed by atoms with Crippen LogP contribution in [0.4, 0.5) is 13.2 Å². The highest BCUT2D eigenvalue weighted by Gasteiger charge is 2.38. The zero-order valence-corrected chi connectivity index (χ0v) is 20.9. The third-order valence-corrected chi connectivity index (χ3v) is 7.22. The normalized spacial score (nSPS) is 18.2. The number of hydrogen-bond donors (Lipinski definition) is 0. The number of rotatable bonds is 4. The van der Waals surface area contributed by atoms with Gasteiger partial charge in [-0.15, -0.1) is 0 Å². The lowest BCUT2D eigenvalue weighted by molar-refractivity contribution is -0.138. The van der Waals surface area contributed by atoms with Gasteiger partial charge in [0.05, 0.1) is 5.56 Å². The van der Waals surface area contributed by atoms with Crippen LogP contribution < -0.4 is 4.74 Å². The molecule has 2 aliphatic rings. The molecule has 0 N–H and O–H groups in total. The molecule has 0 spiro atoms. The molecule has 0 aromatic heterocycles. The highest BCUT2D eigenvalue weighted by atomic mass is 19.4. The van der Waals surface area contributed by atoms with Crippen molar-refractivity contribution in [2.75, 3.05) is 39.3 Å². The number of para-hydroxylation sites is 1. The highest BCUT2D eigenvalue weighted by Crippen LogP contribution is 2.33. The fourth-order valence-electron chi connectivity index (χ4n) is 5.14. The first-order valence-electron chi connectivity index (χ1n) is 12.5. The summed E-state index contributed by atoms with van der Waals surface area (Å²) >= 11 is 0. The van der Waals surface area contributed by atoms with E-state index in [2.05, 4.69) is 4.90 Å². The van der Waals surface area contributed by atoms with Crippen molar-refractivity contribution < 1.29 is 27.5 Å². The Morgan fingerprint density at radius 3 is 2.00 bits per heavy atom. The maximum atomic E-state index is 13.4. The van der Waals surface area contributed by atoms with Crippen molar-refractivity contribution in [1.82, 2.24) is 14.7 Å². The first-order chi connectivity index (χ1) is 18.2. The van der Waals surface area contributed by atoms with Crippen LogP contribution in [-0.2, 0) is 6.18 Å². The van der Waals surface area contributed by atoms with Crippen LogP contribution in [0.5, 0.6) is 11.5 Å². The van der Waals surface area contributed by atoms with Crippen LogP contribution in [0.2, 0.25) is 0 Å². The van der Waals surface area contributed by atoms with E-state index in [4.69, 9.17) is 4.74 Å². The van der Waals surface area contributed by atoms with Crippen LogP contribution in [0.25, 0.3) is 0 Å². The molecule has 5 rings (SSSR count). The van der Waals surface area contributed by atoms with E-state index in [9.17, 15) is 22.8 Å². The van der Waals surface area contributed by atoms with Crippen molar-refractivity contribution in [1.29, 1.82) is 0 Å². The molecule has 3 aromatic rings. The fourth-order valence-corrected chi connectivity index (χ4v) is 5.14. The predicted molar refractivity (Wildman–Crippen MR) is 136 cm³/mol. The number of fused-ring (bicyclic) bond motifs is 1. The molecule has 2 saturated heterocycles. The SMILES string of the molecule is Cc1c(C(=O)N2CCN3CCN(C(=O)c4ccc(Oc5ccccc5)cc4)CC3C2)cccc1C(F)(F)F. The number of carbonyl (C=O) groups is 2. The average Bonchev–Trinajstić information content (AvgIpc) is 2.92. The molecule has 198 valence electrons. The van der Waals surface area contributed by atoms with Gasteiger partial charge in [-0.3, -0.25) is 14.5 Å². The number of alkyl halides is 3. The Morgan fingerprint density at radius 2 is 1.37 bits per heavy atom. The van der Waals surface area contributed by atoms with Crippen molar-refractivity contribution >= 4 is 11.8 Å². The molecule has 0 radical (unpaired) electrons. The average molecular weight is 524 g/mol. The zero-order valence-electron chi connectivity index (χ0n) is 20.9. The Balaban J connectivity index is 1.24. The van der Waals surface area contributed by atoms with E-state index in [0.29, 0.717) is 56.3 Å². The first-order valence-corrected chi connectivity index (χ1v) is 12.5. The van der Waals surface area contributed by atoms with Crippen LogP contribution in [0.15, 0.2) is 72.8 Å². The van der Waals surface area contributed by atoms with Crippen LogP contribution >= 0.6 is 0 Å². The largest absolute Gasteiger partial charge is 0.457 e. The number of piperazine rings is 2. The van der Waals surface area contributed by atoms with E-state index < -0.39 is 17.6 Å². The number of nitrogens with zero attached hydrogens (tertiary/aromatic N) is 3. The highest BCUT2D eigenvalue weighted by molar-refractivity contribution is 5.96. The Morgan fingerprint density at radius 1 is 0.763 bits per heavy atom. The van der Waals surface area contributed by atoms with Crippen molar-refractivity contribution in [3.63, 3.8) is 0 Å². The van der Waals surface area contributed by atoms with Gasteiger partial charge in [0, 0.05) is 56.4 Å². The van der Waals surface area contributed by atoms with E-state index in [-0.39, 0.29) is 23.1 Å². The summed E-state index contributed by atoms with van der Waals surface area (Å²) < 4.78 is 45.9. The van der Waals surface area contributed by atoms with E-state index in [1.807, 2.05) is 30.3 Å². The first kappa shape index (κ1) is 25.8. The Hall–Kier alpha value is -3.85. The maximum absolute atomic E-state index is 13.4. The second kappa shape index (κ2) is 10.5. The summed E-state index contributed by atoms with van der Waals surface area (Å²) in [6.45, 7) is 4.41. The number of ether oxygens (including phenoxy) is 1. The number of benzene rings is 3. The smallest absolute Gasteiger partial charge is 0.416 e. The minimum Gasteiger partial charge on any atom is -0.457 e. The molecular formula is C29H28F3N3O3. The predicted octanol–water partition coefficient (Wildman–Crippen LogP) is 5.09. The molecule has 1 atom stereocenters. The fraction of sp³-hybridized carbons (Fsp3) is 0.310.